The maximum atomic E-state index is 13.6. The molecule has 0 unspecified atom stereocenters. The molecule has 1 heterocycles. The highest BCUT2D eigenvalue weighted by atomic mass is 16.5. The number of rotatable bonds is 4. The summed E-state index contributed by atoms with van der Waals surface area (Å²) < 4.78 is 5.29. The fraction of sp³-hybridized carbons (Fsp3) is 0.214. The predicted octanol–water partition coefficient (Wildman–Crippen LogP) is 5.63. The summed E-state index contributed by atoms with van der Waals surface area (Å²) in [4.78, 5) is 25.0. The Morgan fingerprint density at radius 2 is 1.59 bits per heavy atom. The smallest absolute Gasteiger partial charge is 0.221 e. The summed E-state index contributed by atoms with van der Waals surface area (Å²) in [5, 5.41) is 9.96. The number of allylic oxidation sites excluding steroid dienone is 1. The van der Waals surface area contributed by atoms with Crippen molar-refractivity contribution >= 4 is 28.8 Å². The van der Waals surface area contributed by atoms with Crippen molar-refractivity contribution in [3.05, 3.63) is 95.2 Å². The first-order valence-electron chi connectivity index (χ1n) is 11.4. The number of amides is 1. The number of hydrogen-bond donors (Lipinski definition) is 3. The molecular weight excluding hydrogens is 426 g/mol. The van der Waals surface area contributed by atoms with Gasteiger partial charge in [-0.15, -0.1) is 0 Å². The maximum Gasteiger partial charge on any atom is 0.221 e. The monoisotopic (exact) mass is 453 g/mol. The van der Waals surface area contributed by atoms with Gasteiger partial charge < -0.3 is 20.7 Å². The number of benzene rings is 3. The van der Waals surface area contributed by atoms with Crippen LogP contribution < -0.4 is 20.7 Å². The molecule has 3 aromatic carbocycles. The molecule has 2 aliphatic rings. The van der Waals surface area contributed by atoms with Gasteiger partial charge in [0.05, 0.1) is 24.5 Å². The van der Waals surface area contributed by atoms with Crippen LogP contribution in [0.3, 0.4) is 0 Å². The van der Waals surface area contributed by atoms with Gasteiger partial charge in [0.2, 0.25) is 5.91 Å². The molecule has 3 N–H and O–H groups in total. The second kappa shape index (κ2) is 9.06. The lowest BCUT2D eigenvalue weighted by molar-refractivity contribution is -0.116. The van der Waals surface area contributed by atoms with Gasteiger partial charge in [0, 0.05) is 30.3 Å². The predicted molar refractivity (Wildman–Crippen MR) is 134 cm³/mol. The number of fused-ring (bicyclic) bond motifs is 1. The van der Waals surface area contributed by atoms with Crippen molar-refractivity contribution in [2.75, 3.05) is 23.1 Å². The first-order valence-corrected chi connectivity index (χ1v) is 11.4. The maximum absolute atomic E-state index is 13.6. The van der Waals surface area contributed by atoms with Crippen LogP contribution in [0.2, 0.25) is 0 Å². The van der Waals surface area contributed by atoms with Crippen molar-refractivity contribution in [1.29, 1.82) is 0 Å². The van der Waals surface area contributed by atoms with Crippen LogP contribution in [0.1, 0.15) is 42.9 Å². The van der Waals surface area contributed by atoms with E-state index in [1.165, 1.54) is 6.92 Å². The summed E-state index contributed by atoms with van der Waals surface area (Å²) in [6, 6.07) is 23.4. The number of hydrogen-bond acceptors (Lipinski definition) is 5. The topological polar surface area (TPSA) is 79.5 Å². The van der Waals surface area contributed by atoms with Crippen molar-refractivity contribution in [3.63, 3.8) is 0 Å². The summed E-state index contributed by atoms with van der Waals surface area (Å²) >= 11 is 0. The molecule has 0 bridgehead atoms. The third-order valence-electron chi connectivity index (χ3n) is 6.46. The fourth-order valence-electron chi connectivity index (χ4n) is 4.82. The van der Waals surface area contributed by atoms with E-state index in [9.17, 15) is 9.59 Å². The van der Waals surface area contributed by atoms with Gasteiger partial charge in [0.15, 0.2) is 5.78 Å². The lowest BCUT2D eigenvalue weighted by Gasteiger charge is -2.30. The van der Waals surface area contributed by atoms with Gasteiger partial charge in [-0.3, -0.25) is 9.59 Å². The largest absolute Gasteiger partial charge is 0.497 e. The molecule has 0 saturated carbocycles. The van der Waals surface area contributed by atoms with Crippen molar-refractivity contribution in [3.8, 4) is 5.75 Å². The van der Waals surface area contributed by atoms with E-state index in [1.807, 2.05) is 72.8 Å². The molecule has 1 aliphatic heterocycles. The molecule has 0 aromatic heterocycles. The Morgan fingerprint density at radius 3 is 2.26 bits per heavy atom. The van der Waals surface area contributed by atoms with Crippen LogP contribution >= 0.6 is 0 Å². The molecule has 1 aliphatic carbocycles. The highest BCUT2D eigenvalue weighted by molar-refractivity contribution is 6.01. The number of carbonyl (C=O) groups excluding carboxylic acids is 2. The number of Topliss-reactive ketones (excluding diaryl/α,β-unsaturated/α-hetero) is 1. The van der Waals surface area contributed by atoms with Gasteiger partial charge in [-0.05, 0) is 59.9 Å². The minimum absolute atomic E-state index is 0.0951. The Bertz CT molecular complexity index is 1260. The van der Waals surface area contributed by atoms with E-state index in [4.69, 9.17) is 4.74 Å². The summed E-state index contributed by atoms with van der Waals surface area (Å²) in [5.74, 6) is 0.915. The van der Waals surface area contributed by atoms with E-state index < -0.39 is 0 Å². The molecule has 1 amide bonds. The first kappa shape index (κ1) is 21.8. The lowest BCUT2D eigenvalue weighted by Crippen LogP contribution is -2.26. The average molecular weight is 454 g/mol. The van der Waals surface area contributed by atoms with Gasteiger partial charge in [0.1, 0.15) is 5.75 Å². The lowest BCUT2D eigenvalue weighted by atomic mass is 9.78. The first-order chi connectivity index (χ1) is 16.5. The Balaban J connectivity index is 1.53. The molecule has 172 valence electrons. The van der Waals surface area contributed by atoms with Gasteiger partial charge in [-0.25, -0.2) is 0 Å². The molecule has 0 spiro atoms. The van der Waals surface area contributed by atoms with Crippen LogP contribution in [0.5, 0.6) is 5.75 Å². The molecule has 0 fully saturated rings. The minimum atomic E-state index is -0.290. The second-order valence-electron chi connectivity index (χ2n) is 8.74. The second-order valence-corrected chi connectivity index (χ2v) is 8.74. The molecule has 5 rings (SSSR count). The highest BCUT2D eigenvalue weighted by Crippen LogP contribution is 2.44. The number of methoxy groups -OCH3 is 1. The van der Waals surface area contributed by atoms with Crippen LogP contribution in [0.15, 0.2) is 84.1 Å². The van der Waals surface area contributed by atoms with E-state index in [0.717, 1.165) is 51.6 Å². The SMILES string of the molecule is COc1ccc([C@@H]2CC(=O)C3=C(C2)Nc2ccccc2N[C@@H]3c2ccc(NC(C)=O)cc2)cc1. The van der Waals surface area contributed by atoms with Crippen LogP contribution in [-0.4, -0.2) is 18.8 Å². The Hall–Kier alpha value is -4.06. The molecular formula is C28H27N3O3. The highest BCUT2D eigenvalue weighted by Gasteiger charge is 2.36. The number of nitrogens with one attached hydrogen (secondary N) is 3. The van der Waals surface area contributed by atoms with Crippen LogP contribution in [0.4, 0.5) is 17.1 Å². The van der Waals surface area contributed by atoms with Crippen molar-refractivity contribution in [1.82, 2.24) is 0 Å². The third-order valence-corrected chi connectivity index (χ3v) is 6.46. The number of anilines is 3. The molecule has 0 radical (unpaired) electrons. The zero-order valence-electron chi connectivity index (χ0n) is 19.2. The zero-order chi connectivity index (χ0) is 23.7. The van der Waals surface area contributed by atoms with Gasteiger partial charge in [-0.2, -0.15) is 0 Å². The van der Waals surface area contributed by atoms with Crippen molar-refractivity contribution in [2.45, 2.75) is 31.7 Å². The van der Waals surface area contributed by atoms with E-state index in [-0.39, 0.29) is 23.7 Å². The molecule has 6 nitrogen and oxygen atoms in total. The van der Waals surface area contributed by atoms with E-state index >= 15 is 0 Å². The van der Waals surface area contributed by atoms with Crippen molar-refractivity contribution in [2.24, 2.45) is 0 Å². The van der Waals surface area contributed by atoms with E-state index in [1.54, 1.807) is 7.11 Å². The Labute approximate surface area is 199 Å². The van der Waals surface area contributed by atoms with Crippen molar-refractivity contribution < 1.29 is 14.3 Å². The quantitative estimate of drug-likeness (QED) is 0.477. The Kier molecular flexibility index (Phi) is 5.80. The number of para-hydroxylation sites is 2. The molecule has 3 aromatic rings. The number of ether oxygens (including phenoxy) is 1. The number of carbonyl (C=O) groups is 2. The van der Waals surface area contributed by atoms with Gasteiger partial charge in [-0.1, -0.05) is 36.4 Å². The summed E-state index contributed by atoms with van der Waals surface area (Å²) in [6.07, 6.45) is 1.19. The molecule has 2 atom stereocenters. The normalized spacial score (nSPS) is 19.2. The third kappa shape index (κ3) is 4.27. The van der Waals surface area contributed by atoms with Crippen LogP contribution in [-0.2, 0) is 9.59 Å². The molecule has 0 saturated heterocycles. The number of ketones is 1. The summed E-state index contributed by atoms with van der Waals surface area (Å²) in [7, 11) is 1.65. The van der Waals surface area contributed by atoms with Crippen LogP contribution in [0, 0.1) is 0 Å². The molecule has 6 heteroatoms. The van der Waals surface area contributed by atoms with E-state index in [0.29, 0.717) is 6.42 Å². The van der Waals surface area contributed by atoms with E-state index in [2.05, 4.69) is 16.0 Å². The van der Waals surface area contributed by atoms with Crippen LogP contribution in [0.25, 0.3) is 0 Å². The fourth-order valence-corrected chi connectivity index (χ4v) is 4.82. The minimum Gasteiger partial charge on any atom is -0.497 e. The average Bonchev–Trinajstić information content (AvgIpc) is 3.01. The van der Waals surface area contributed by atoms with Gasteiger partial charge in [0.25, 0.3) is 0 Å². The summed E-state index contributed by atoms with van der Waals surface area (Å²) in [6.45, 7) is 1.49. The Morgan fingerprint density at radius 1 is 0.912 bits per heavy atom. The van der Waals surface area contributed by atoms with Gasteiger partial charge >= 0.3 is 0 Å². The molecule has 34 heavy (non-hydrogen) atoms. The standard InChI is InChI=1S/C28H27N3O3/c1-17(32)29-21-11-7-19(8-12-21)28-27-25(30-23-5-3-4-6-24(23)31-28)15-20(16-26(27)33)18-9-13-22(34-2)14-10-18/h3-14,20,28,30-31H,15-16H2,1-2H3,(H,29,32)/t20-,28+/m0/s1. The zero-order valence-corrected chi connectivity index (χ0v) is 19.2. The summed E-state index contributed by atoms with van der Waals surface area (Å²) in [5.41, 5.74) is 6.45.